The molecule has 1 aromatic carbocycles. The highest BCUT2D eigenvalue weighted by Crippen LogP contribution is 2.59. The van der Waals surface area contributed by atoms with Crippen LogP contribution in [0.3, 0.4) is 0 Å². The molecule has 2 aliphatic rings. The lowest BCUT2D eigenvalue weighted by molar-refractivity contribution is -0.260. The molecule has 5 unspecified atom stereocenters. The van der Waals surface area contributed by atoms with Crippen molar-refractivity contribution >= 4 is 23.6 Å². The predicted octanol–water partition coefficient (Wildman–Crippen LogP) is 4.69. The Morgan fingerprint density at radius 2 is 1.81 bits per heavy atom. The van der Waals surface area contributed by atoms with E-state index < -0.39 is 28.9 Å². The number of rotatable bonds is 11. The van der Waals surface area contributed by atoms with Gasteiger partial charge >= 0.3 is 5.97 Å². The molecule has 8 nitrogen and oxygen atoms in total. The minimum Gasteiger partial charge on any atom is -0.493 e. The van der Waals surface area contributed by atoms with E-state index in [4.69, 9.17) is 40.0 Å². The first-order chi connectivity index (χ1) is 17.5. The average molecular weight is 539 g/mol. The molecule has 1 saturated carbocycles. The van der Waals surface area contributed by atoms with E-state index in [0.29, 0.717) is 48.5 Å². The van der Waals surface area contributed by atoms with Crippen LogP contribution in [0.15, 0.2) is 29.9 Å². The number of methoxy groups -OCH3 is 4. The molecule has 9 heteroatoms. The molecule has 1 saturated heterocycles. The molecular weight excluding hydrogens is 500 g/mol. The average Bonchev–Trinajstić information content (AvgIpc) is 3.57. The molecule has 0 bridgehead atoms. The second-order valence-electron chi connectivity index (χ2n) is 9.96. The van der Waals surface area contributed by atoms with E-state index in [9.17, 15) is 9.90 Å². The number of allylic oxidation sites excluding steroid dienone is 1. The maximum Gasteiger partial charge on any atom is 0.331 e. The number of aliphatic hydroxyl groups is 1. The summed E-state index contributed by atoms with van der Waals surface area (Å²) in [5.41, 5.74) is -2.25. The Kier molecular flexibility index (Phi) is 9.22. The Morgan fingerprint density at radius 3 is 2.32 bits per heavy atom. The van der Waals surface area contributed by atoms with Crippen molar-refractivity contribution in [2.45, 2.75) is 75.5 Å². The van der Waals surface area contributed by atoms with E-state index in [1.54, 1.807) is 25.3 Å². The highest BCUT2D eigenvalue weighted by Gasteiger charge is 2.78. The van der Waals surface area contributed by atoms with E-state index in [1.807, 2.05) is 20.8 Å². The van der Waals surface area contributed by atoms with Gasteiger partial charge in [-0.2, -0.15) is 0 Å². The minimum absolute atomic E-state index is 0.134. The van der Waals surface area contributed by atoms with Crippen molar-refractivity contribution in [3.63, 3.8) is 0 Å². The van der Waals surface area contributed by atoms with Crippen molar-refractivity contribution in [1.29, 1.82) is 0 Å². The smallest absolute Gasteiger partial charge is 0.331 e. The van der Waals surface area contributed by atoms with Crippen LogP contribution in [-0.2, 0) is 19.0 Å². The molecule has 0 aromatic heterocycles. The summed E-state index contributed by atoms with van der Waals surface area (Å²) >= 11 is 6.37. The number of hydrogen-bond acceptors (Lipinski definition) is 8. The van der Waals surface area contributed by atoms with Gasteiger partial charge in [0.05, 0.1) is 33.3 Å². The number of alkyl halides is 1. The molecule has 1 N–H and O–H groups in total. The highest BCUT2D eigenvalue weighted by atomic mass is 35.5. The van der Waals surface area contributed by atoms with E-state index in [0.717, 1.165) is 5.57 Å². The standard InChI is InChI=1S/C28H39ClO8/c1-18(2)10-12-22-26(3,36-22)28(23(34-6)9-8-14-27(28,31)17-29)37-24(30)13-11-19-15-20(32-4)25(35-7)21(16-19)33-5/h10-11,13,15-16,22-23,31H,8-9,12,14,17H2,1-7H3. The van der Waals surface area contributed by atoms with Crippen molar-refractivity contribution in [3.05, 3.63) is 35.4 Å². The fraction of sp³-hybridized carbons (Fsp3) is 0.607. The number of carbonyl (C=O) groups excluding carboxylic acids is 1. The van der Waals surface area contributed by atoms with Crippen LogP contribution in [0.1, 0.15) is 52.0 Å². The minimum atomic E-state index is -1.54. The SMILES string of the molecule is COc1cc(C=CC(=O)OC2(C3(C)OC3CC=C(C)C)C(OC)CCCC2(O)CCl)cc(OC)c1OC. The van der Waals surface area contributed by atoms with Crippen molar-refractivity contribution in [2.75, 3.05) is 34.3 Å². The summed E-state index contributed by atoms with van der Waals surface area (Å²) in [4.78, 5) is 13.4. The van der Waals surface area contributed by atoms with Crippen LogP contribution in [0.2, 0.25) is 0 Å². The Balaban J connectivity index is 1.99. The third-order valence-corrected chi connectivity index (χ3v) is 7.93. The third-order valence-electron chi connectivity index (χ3n) is 7.49. The second kappa shape index (κ2) is 11.6. The molecule has 0 radical (unpaired) electrons. The number of epoxide rings is 1. The fourth-order valence-electron chi connectivity index (χ4n) is 5.52. The lowest BCUT2D eigenvalue weighted by atomic mass is 9.63. The van der Waals surface area contributed by atoms with Crippen LogP contribution in [0.25, 0.3) is 6.08 Å². The van der Waals surface area contributed by atoms with Gasteiger partial charge in [0.2, 0.25) is 5.75 Å². The zero-order chi connectivity index (χ0) is 27.4. The van der Waals surface area contributed by atoms with E-state index >= 15 is 0 Å². The zero-order valence-corrected chi connectivity index (χ0v) is 23.5. The van der Waals surface area contributed by atoms with Gasteiger partial charge in [0, 0.05) is 13.2 Å². The Labute approximate surface area is 224 Å². The number of carbonyl (C=O) groups is 1. The Morgan fingerprint density at radius 1 is 1.16 bits per heavy atom. The third kappa shape index (κ3) is 5.35. The molecule has 3 rings (SSSR count). The lowest BCUT2D eigenvalue weighted by Gasteiger charge is -2.54. The van der Waals surface area contributed by atoms with Crippen molar-refractivity contribution in [2.24, 2.45) is 0 Å². The molecule has 1 aliphatic heterocycles. The van der Waals surface area contributed by atoms with Crippen molar-refractivity contribution in [1.82, 2.24) is 0 Å². The molecule has 1 aromatic rings. The number of benzene rings is 1. The summed E-state index contributed by atoms with van der Waals surface area (Å²) in [5, 5.41) is 11.8. The first-order valence-electron chi connectivity index (χ1n) is 12.4. The van der Waals surface area contributed by atoms with Crippen LogP contribution in [-0.4, -0.2) is 74.4 Å². The van der Waals surface area contributed by atoms with Crippen LogP contribution >= 0.6 is 11.6 Å². The molecule has 5 atom stereocenters. The topological polar surface area (TPSA) is 96.0 Å². The maximum atomic E-state index is 13.4. The summed E-state index contributed by atoms with van der Waals surface area (Å²) in [6, 6.07) is 3.44. The van der Waals surface area contributed by atoms with Crippen molar-refractivity contribution in [3.8, 4) is 17.2 Å². The van der Waals surface area contributed by atoms with Crippen LogP contribution in [0.4, 0.5) is 0 Å². The summed E-state index contributed by atoms with van der Waals surface area (Å²) in [6.07, 6.45) is 6.33. The van der Waals surface area contributed by atoms with Gasteiger partial charge < -0.3 is 33.5 Å². The van der Waals surface area contributed by atoms with Gasteiger partial charge in [-0.1, -0.05) is 11.6 Å². The van der Waals surface area contributed by atoms with Gasteiger partial charge in [0.15, 0.2) is 17.1 Å². The van der Waals surface area contributed by atoms with Crippen molar-refractivity contribution < 1.29 is 38.3 Å². The van der Waals surface area contributed by atoms with E-state index in [2.05, 4.69) is 6.08 Å². The summed E-state index contributed by atoms with van der Waals surface area (Å²) < 4.78 is 34.4. The van der Waals surface area contributed by atoms with Gasteiger partial charge in [-0.15, -0.1) is 11.6 Å². The summed E-state index contributed by atoms with van der Waals surface area (Å²) in [5.74, 6) is 0.567. The number of halogens is 1. The quantitative estimate of drug-likeness (QED) is 0.142. The van der Waals surface area contributed by atoms with Crippen LogP contribution < -0.4 is 14.2 Å². The van der Waals surface area contributed by atoms with Crippen LogP contribution in [0, 0.1) is 0 Å². The lowest BCUT2D eigenvalue weighted by Crippen LogP contribution is -2.73. The summed E-state index contributed by atoms with van der Waals surface area (Å²) in [6.45, 7) is 5.88. The molecule has 2 fully saturated rings. The Hall–Kier alpha value is -2.26. The summed E-state index contributed by atoms with van der Waals surface area (Å²) in [7, 11) is 6.11. The zero-order valence-electron chi connectivity index (χ0n) is 22.8. The number of esters is 1. The molecular formula is C28H39ClO8. The first kappa shape index (κ1) is 29.3. The second-order valence-corrected chi connectivity index (χ2v) is 10.2. The van der Waals surface area contributed by atoms with Gasteiger partial charge in [-0.25, -0.2) is 4.79 Å². The molecule has 206 valence electrons. The maximum absolute atomic E-state index is 13.4. The number of ether oxygens (including phenoxy) is 6. The van der Waals surface area contributed by atoms with Gasteiger partial charge in [0.25, 0.3) is 0 Å². The van der Waals surface area contributed by atoms with Gasteiger partial charge in [-0.3, -0.25) is 0 Å². The normalized spacial score (nSPS) is 31.1. The monoisotopic (exact) mass is 538 g/mol. The largest absolute Gasteiger partial charge is 0.493 e. The molecule has 0 spiro atoms. The predicted molar refractivity (Wildman–Crippen MR) is 142 cm³/mol. The fourth-order valence-corrected chi connectivity index (χ4v) is 5.85. The van der Waals surface area contributed by atoms with Crippen LogP contribution in [0.5, 0.6) is 17.2 Å². The van der Waals surface area contributed by atoms with E-state index in [1.165, 1.54) is 27.4 Å². The van der Waals surface area contributed by atoms with Gasteiger partial charge in [-0.05, 0) is 70.2 Å². The molecule has 0 amide bonds. The molecule has 1 heterocycles. The Bertz CT molecular complexity index is 1010. The first-order valence-corrected chi connectivity index (χ1v) is 12.9. The molecule has 1 aliphatic carbocycles. The highest BCUT2D eigenvalue weighted by molar-refractivity contribution is 6.18. The molecule has 37 heavy (non-hydrogen) atoms. The van der Waals surface area contributed by atoms with Gasteiger partial charge in [0.1, 0.15) is 17.3 Å². The van der Waals surface area contributed by atoms with E-state index in [-0.39, 0.29) is 12.0 Å². The number of hydrogen-bond donors (Lipinski definition) is 1.